The summed E-state index contributed by atoms with van der Waals surface area (Å²) in [6, 6.07) is 0.477. The van der Waals surface area contributed by atoms with Gasteiger partial charge in [-0.05, 0) is 38.8 Å². The summed E-state index contributed by atoms with van der Waals surface area (Å²) in [5.74, 6) is 0. The van der Waals surface area contributed by atoms with Crippen molar-refractivity contribution in [2.45, 2.75) is 37.0 Å². The first-order chi connectivity index (χ1) is 8.68. The third-order valence-electron chi connectivity index (χ3n) is 4.58. The van der Waals surface area contributed by atoms with E-state index in [0.717, 1.165) is 45.4 Å². The highest BCUT2D eigenvalue weighted by atomic mass is 32.2. The van der Waals surface area contributed by atoms with Gasteiger partial charge in [0, 0.05) is 32.2 Å². The van der Waals surface area contributed by atoms with Crippen molar-refractivity contribution in [1.29, 1.82) is 0 Å². The van der Waals surface area contributed by atoms with Crippen LogP contribution in [0.2, 0.25) is 0 Å². The van der Waals surface area contributed by atoms with Crippen molar-refractivity contribution in [1.82, 2.24) is 14.5 Å². The number of fused-ring (bicyclic) bond motifs is 1. The molecular formula is C12H23N3O2S. The zero-order chi connectivity index (χ0) is 12.6. The molecule has 3 heterocycles. The maximum absolute atomic E-state index is 12.6. The zero-order valence-corrected chi connectivity index (χ0v) is 11.7. The van der Waals surface area contributed by atoms with E-state index in [9.17, 15) is 8.42 Å². The van der Waals surface area contributed by atoms with Crippen molar-refractivity contribution in [3.05, 3.63) is 0 Å². The summed E-state index contributed by atoms with van der Waals surface area (Å²) in [5, 5.41) is 3.01. The van der Waals surface area contributed by atoms with Crippen molar-refractivity contribution in [3.63, 3.8) is 0 Å². The Morgan fingerprint density at radius 1 is 1.06 bits per heavy atom. The molecule has 1 N–H and O–H groups in total. The molecule has 0 saturated carbocycles. The molecule has 3 aliphatic heterocycles. The number of piperidine rings is 1. The Labute approximate surface area is 110 Å². The molecule has 0 amide bonds. The van der Waals surface area contributed by atoms with Gasteiger partial charge in [-0.15, -0.1) is 0 Å². The minimum absolute atomic E-state index is 0.195. The summed E-state index contributed by atoms with van der Waals surface area (Å²) in [6.45, 7) is 5.08. The highest BCUT2D eigenvalue weighted by Crippen LogP contribution is 2.25. The molecule has 0 radical (unpaired) electrons. The Balaban J connectivity index is 1.69. The van der Waals surface area contributed by atoms with E-state index in [1.165, 1.54) is 6.42 Å². The Kier molecular flexibility index (Phi) is 3.62. The van der Waals surface area contributed by atoms with Gasteiger partial charge in [0.15, 0.2) is 0 Å². The first kappa shape index (κ1) is 12.8. The number of sulfonamides is 1. The van der Waals surface area contributed by atoms with Crippen molar-refractivity contribution in [2.75, 3.05) is 39.3 Å². The van der Waals surface area contributed by atoms with Crippen LogP contribution in [-0.2, 0) is 10.0 Å². The van der Waals surface area contributed by atoms with Gasteiger partial charge < -0.3 is 5.32 Å². The third-order valence-corrected chi connectivity index (χ3v) is 6.88. The first-order valence-corrected chi connectivity index (χ1v) is 8.62. The van der Waals surface area contributed by atoms with Crippen molar-refractivity contribution in [3.8, 4) is 0 Å². The van der Waals surface area contributed by atoms with E-state index in [1.807, 2.05) is 0 Å². The molecule has 3 fully saturated rings. The highest BCUT2D eigenvalue weighted by molar-refractivity contribution is 7.89. The van der Waals surface area contributed by atoms with Crippen LogP contribution in [0.3, 0.4) is 0 Å². The number of hydrogen-bond acceptors (Lipinski definition) is 4. The van der Waals surface area contributed by atoms with Crippen LogP contribution in [-0.4, -0.2) is 68.2 Å². The summed E-state index contributed by atoms with van der Waals surface area (Å²) in [6.07, 6.45) is 4.19. The monoisotopic (exact) mass is 273 g/mol. The summed E-state index contributed by atoms with van der Waals surface area (Å²) in [5.41, 5.74) is 0. The molecule has 3 aliphatic rings. The fourth-order valence-electron chi connectivity index (χ4n) is 3.48. The van der Waals surface area contributed by atoms with Gasteiger partial charge in [0.05, 0.1) is 5.25 Å². The molecule has 6 heteroatoms. The van der Waals surface area contributed by atoms with Crippen molar-refractivity contribution < 1.29 is 8.42 Å². The van der Waals surface area contributed by atoms with E-state index in [-0.39, 0.29) is 5.25 Å². The summed E-state index contributed by atoms with van der Waals surface area (Å²) >= 11 is 0. The number of piperazine rings is 1. The third kappa shape index (κ3) is 2.31. The lowest BCUT2D eigenvalue weighted by Crippen LogP contribution is -2.55. The fraction of sp³-hybridized carbons (Fsp3) is 1.00. The zero-order valence-electron chi connectivity index (χ0n) is 10.8. The second-order valence-electron chi connectivity index (χ2n) is 5.70. The SMILES string of the molecule is O=S(=O)(C1CCCNC1)N1CCN2CCCC2C1. The lowest BCUT2D eigenvalue weighted by Gasteiger charge is -2.39. The van der Waals surface area contributed by atoms with Gasteiger partial charge in [0.1, 0.15) is 0 Å². The van der Waals surface area contributed by atoms with Gasteiger partial charge in [-0.2, -0.15) is 4.31 Å². The highest BCUT2D eigenvalue weighted by Gasteiger charge is 2.39. The van der Waals surface area contributed by atoms with Gasteiger partial charge >= 0.3 is 0 Å². The predicted octanol–water partition coefficient (Wildman–Crippen LogP) is -0.152. The average Bonchev–Trinajstić information content (AvgIpc) is 2.87. The summed E-state index contributed by atoms with van der Waals surface area (Å²) in [4.78, 5) is 2.45. The molecule has 18 heavy (non-hydrogen) atoms. The number of rotatable bonds is 2. The molecule has 3 saturated heterocycles. The molecule has 0 aromatic rings. The maximum atomic E-state index is 12.6. The van der Waals surface area contributed by atoms with Crippen LogP contribution >= 0.6 is 0 Å². The molecule has 5 nitrogen and oxygen atoms in total. The van der Waals surface area contributed by atoms with E-state index in [1.54, 1.807) is 4.31 Å². The minimum Gasteiger partial charge on any atom is -0.315 e. The second-order valence-corrected chi connectivity index (χ2v) is 7.92. The predicted molar refractivity (Wildman–Crippen MR) is 71.0 cm³/mol. The van der Waals surface area contributed by atoms with Crippen molar-refractivity contribution >= 4 is 10.0 Å². The van der Waals surface area contributed by atoms with E-state index in [0.29, 0.717) is 19.1 Å². The number of nitrogens with one attached hydrogen (secondary N) is 1. The van der Waals surface area contributed by atoms with E-state index in [2.05, 4.69) is 10.2 Å². The second kappa shape index (κ2) is 5.07. The quantitative estimate of drug-likeness (QED) is 0.760. The van der Waals surface area contributed by atoms with Crippen LogP contribution < -0.4 is 5.32 Å². The Hall–Kier alpha value is -0.170. The molecule has 3 rings (SSSR count). The Bertz CT molecular complexity index is 392. The minimum atomic E-state index is -3.08. The molecule has 104 valence electrons. The lowest BCUT2D eigenvalue weighted by atomic mass is 10.2. The molecule has 0 aromatic carbocycles. The van der Waals surface area contributed by atoms with Gasteiger partial charge in [-0.1, -0.05) is 0 Å². The van der Waals surface area contributed by atoms with Gasteiger partial charge in [-0.25, -0.2) is 8.42 Å². The normalized spacial score (nSPS) is 35.6. The standard InChI is InChI=1S/C12H23N3O2S/c16-18(17,12-4-1-5-13-9-12)15-8-7-14-6-2-3-11(14)10-15/h11-13H,1-10H2. The van der Waals surface area contributed by atoms with Crippen molar-refractivity contribution in [2.24, 2.45) is 0 Å². The van der Waals surface area contributed by atoms with E-state index >= 15 is 0 Å². The van der Waals surface area contributed by atoms with Crippen LogP contribution in [0.25, 0.3) is 0 Å². The molecule has 0 aliphatic carbocycles. The van der Waals surface area contributed by atoms with Gasteiger partial charge in [0.2, 0.25) is 10.0 Å². The fourth-order valence-corrected chi connectivity index (χ4v) is 5.41. The van der Waals surface area contributed by atoms with E-state index in [4.69, 9.17) is 0 Å². The molecule has 0 spiro atoms. The smallest absolute Gasteiger partial charge is 0.218 e. The Morgan fingerprint density at radius 3 is 2.72 bits per heavy atom. The largest absolute Gasteiger partial charge is 0.315 e. The summed E-state index contributed by atoms with van der Waals surface area (Å²) in [7, 11) is -3.08. The molecule has 2 atom stereocenters. The maximum Gasteiger partial charge on any atom is 0.218 e. The van der Waals surface area contributed by atoms with Crippen LogP contribution in [0.15, 0.2) is 0 Å². The number of hydrogen-bond donors (Lipinski definition) is 1. The van der Waals surface area contributed by atoms with Crippen LogP contribution in [0, 0.1) is 0 Å². The van der Waals surface area contributed by atoms with Gasteiger partial charge in [-0.3, -0.25) is 4.90 Å². The molecule has 0 bridgehead atoms. The average molecular weight is 273 g/mol. The lowest BCUT2D eigenvalue weighted by molar-refractivity contribution is 0.157. The van der Waals surface area contributed by atoms with Crippen LogP contribution in [0.5, 0.6) is 0 Å². The first-order valence-electron chi connectivity index (χ1n) is 7.11. The molecule has 0 aromatic heterocycles. The van der Waals surface area contributed by atoms with Crippen LogP contribution in [0.4, 0.5) is 0 Å². The topological polar surface area (TPSA) is 52.7 Å². The number of nitrogens with zero attached hydrogens (tertiary/aromatic N) is 2. The Morgan fingerprint density at radius 2 is 1.94 bits per heavy atom. The van der Waals surface area contributed by atoms with Gasteiger partial charge in [0.25, 0.3) is 0 Å². The van der Waals surface area contributed by atoms with E-state index < -0.39 is 10.0 Å². The van der Waals surface area contributed by atoms with Crippen LogP contribution in [0.1, 0.15) is 25.7 Å². The summed E-state index contributed by atoms with van der Waals surface area (Å²) < 4.78 is 27.0. The molecular weight excluding hydrogens is 250 g/mol. The molecule has 2 unspecified atom stereocenters.